The highest BCUT2D eigenvalue weighted by Crippen LogP contribution is 2.46. The van der Waals surface area contributed by atoms with Gasteiger partial charge in [-0.25, -0.2) is 22.8 Å². The van der Waals surface area contributed by atoms with Crippen molar-refractivity contribution >= 4 is 38.4 Å². The second kappa shape index (κ2) is 10.4. The number of fused-ring (bicyclic) bond motifs is 5. The van der Waals surface area contributed by atoms with Gasteiger partial charge in [-0.2, -0.15) is 0 Å². The third-order valence-corrected chi connectivity index (χ3v) is 10.8. The topological polar surface area (TPSA) is 136 Å². The van der Waals surface area contributed by atoms with Crippen molar-refractivity contribution in [3.63, 3.8) is 0 Å². The molecule has 1 amide bonds. The molecule has 11 nitrogen and oxygen atoms in total. The molecule has 3 aromatic rings. The minimum absolute atomic E-state index is 0.00289. The van der Waals surface area contributed by atoms with Crippen molar-refractivity contribution in [2.24, 2.45) is 0 Å². The van der Waals surface area contributed by atoms with Crippen molar-refractivity contribution in [1.82, 2.24) is 20.3 Å². The number of amides is 1. The lowest BCUT2D eigenvalue weighted by molar-refractivity contribution is -0.165. The molecule has 1 saturated carbocycles. The summed E-state index contributed by atoms with van der Waals surface area (Å²) in [5, 5.41) is 6.41. The Morgan fingerprint density at radius 1 is 1.07 bits per heavy atom. The van der Waals surface area contributed by atoms with E-state index in [9.17, 15) is 13.2 Å². The number of halogens is 1. The summed E-state index contributed by atoms with van der Waals surface area (Å²) in [6, 6.07) is 7.39. The molecule has 0 spiro atoms. The maximum absolute atomic E-state index is 15.2. The molecule has 42 heavy (non-hydrogen) atoms. The first-order chi connectivity index (χ1) is 20.2. The Kier molecular flexibility index (Phi) is 6.78. The zero-order valence-corrected chi connectivity index (χ0v) is 24.0. The first-order valence-electron chi connectivity index (χ1n) is 14.4. The molecule has 0 radical (unpaired) electrons. The number of sulfone groups is 1. The Labute approximate surface area is 243 Å². The van der Waals surface area contributed by atoms with Gasteiger partial charge in [-0.3, -0.25) is 9.78 Å². The maximum Gasteiger partial charge on any atom is 0.263 e. The molecule has 2 bridgehead atoms. The van der Waals surface area contributed by atoms with Gasteiger partial charge in [0.05, 0.1) is 46.6 Å². The predicted octanol–water partition coefficient (Wildman–Crippen LogP) is 2.53. The molecule has 7 heterocycles. The fraction of sp³-hybridized carbons (Fsp3) is 0.517. The molecule has 222 valence electrons. The summed E-state index contributed by atoms with van der Waals surface area (Å²) >= 11 is 0. The molecular weight excluding hydrogens is 563 g/mol. The minimum atomic E-state index is -3.02. The SMILES string of the molecule is O=C1COc2ccc(CNC34CCC(CCc5c(F)cnc6ccc(N7CCS(=O)(=O)CC7)nc56)(CC3)OC4)nc2N1. The summed E-state index contributed by atoms with van der Waals surface area (Å²) in [7, 11) is -3.02. The Bertz CT molecular complexity index is 1630. The smallest absolute Gasteiger partial charge is 0.263 e. The number of aromatic nitrogens is 3. The van der Waals surface area contributed by atoms with Crippen molar-refractivity contribution in [1.29, 1.82) is 0 Å². The van der Waals surface area contributed by atoms with Crippen molar-refractivity contribution in [3.8, 4) is 5.75 Å². The quantitative estimate of drug-likeness (QED) is 0.419. The van der Waals surface area contributed by atoms with Crippen LogP contribution in [0.25, 0.3) is 11.0 Å². The zero-order chi connectivity index (χ0) is 29.0. The summed E-state index contributed by atoms with van der Waals surface area (Å²) < 4.78 is 50.8. The van der Waals surface area contributed by atoms with Crippen molar-refractivity contribution in [2.45, 2.75) is 56.2 Å². The van der Waals surface area contributed by atoms with E-state index in [0.717, 1.165) is 31.4 Å². The van der Waals surface area contributed by atoms with Gasteiger partial charge in [0.2, 0.25) is 0 Å². The fourth-order valence-corrected chi connectivity index (χ4v) is 7.69. The number of rotatable bonds is 7. The van der Waals surface area contributed by atoms with Gasteiger partial charge in [0.15, 0.2) is 28.0 Å². The van der Waals surface area contributed by atoms with Gasteiger partial charge in [0.25, 0.3) is 5.91 Å². The number of nitrogens with one attached hydrogen (secondary N) is 2. The summed E-state index contributed by atoms with van der Waals surface area (Å²) in [4.78, 5) is 27.1. The highest BCUT2D eigenvalue weighted by Gasteiger charge is 2.49. The van der Waals surface area contributed by atoms with Crippen LogP contribution in [0.5, 0.6) is 5.75 Å². The van der Waals surface area contributed by atoms with Crippen molar-refractivity contribution in [2.75, 3.05) is 48.0 Å². The van der Waals surface area contributed by atoms with Gasteiger partial charge in [-0.1, -0.05) is 0 Å². The standard InChI is InChI=1S/C29H33FN6O5S/c30-21-16-31-22-2-4-24(36-11-13-42(38,39)14-12-36)34-26(22)20(21)5-6-29-9-7-28(8-10-29,18-41-29)32-15-19-1-3-23-27(33-19)35-25(37)17-40-23/h1-4,16,32H,5-15,17-18H2,(H,33,35,37). The molecule has 4 fully saturated rings. The highest BCUT2D eigenvalue weighted by molar-refractivity contribution is 7.91. The summed E-state index contributed by atoms with van der Waals surface area (Å²) in [5.41, 5.74) is 2.03. The van der Waals surface area contributed by atoms with Crippen LogP contribution in [-0.2, 0) is 32.3 Å². The molecule has 0 unspecified atom stereocenters. The van der Waals surface area contributed by atoms with Crippen LogP contribution in [-0.4, -0.2) is 78.2 Å². The van der Waals surface area contributed by atoms with E-state index in [2.05, 4.69) is 20.6 Å². The van der Waals surface area contributed by atoms with Crippen LogP contribution >= 0.6 is 0 Å². The Balaban J connectivity index is 1.01. The first kappa shape index (κ1) is 27.4. The third-order valence-electron chi connectivity index (χ3n) is 9.20. The van der Waals surface area contributed by atoms with E-state index in [1.54, 1.807) is 0 Å². The Morgan fingerprint density at radius 3 is 2.64 bits per heavy atom. The minimum Gasteiger partial charge on any atom is -0.480 e. The molecule has 4 aliphatic heterocycles. The maximum atomic E-state index is 15.2. The fourth-order valence-electron chi connectivity index (χ4n) is 6.49. The molecule has 13 heteroatoms. The van der Waals surface area contributed by atoms with Gasteiger partial charge in [-0.05, 0) is 62.8 Å². The lowest BCUT2D eigenvalue weighted by Crippen LogP contribution is -2.61. The highest BCUT2D eigenvalue weighted by atomic mass is 32.2. The average Bonchev–Trinajstić information content (AvgIpc) is 3.00. The molecule has 1 aliphatic carbocycles. The van der Waals surface area contributed by atoms with E-state index in [0.29, 0.717) is 73.1 Å². The van der Waals surface area contributed by atoms with Gasteiger partial charge in [0.1, 0.15) is 11.6 Å². The second-order valence-electron chi connectivity index (χ2n) is 11.9. The molecule has 0 aromatic carbocycles. The van der Waals surface area contributed by atoms with Crippen molar-refractivity contribution in [3.05, 3.63) is 47.5 Å². The van der Waals surface area contributed by atoms with E-state index in [-0.39, 0.29) is 41.0 Å². The Hall–Kier alpha value is -3.42. The molecule has 0 atom stereocenters. The molecule has 5 aliphatic rings. The molecular formula is C29H33FN6O5S. The van der Waals surface area contributed by atoms with E-state index in [4.69, 9.17) is 14.5 Å². The predicted molar refractivity (Wildman–Crippen MR) is 154 cm³/mol. The van der Waals surface area contributed by atoms with Crippen LogP contribution in [0.2, 0.25) is 0 Å². The number of nitrogens with zero attached hydrogens (tertiary/aromatic N) is 4. The lowest BCUT2D eigenvalue weighted by Gasteiger charge is -2.53. The van der Waals surface area contributed by atoms with Gasteiger partial charge in [-0.15, -0.1) is 0 Å². The monoisotopic (exact) mass is 596 g/mol. The number of carbonyl (C=O) groups is 1. The van der Waals surface area contributed by atoms with Crippen LogP contribution in [0.4, 0.5) is 16.0 Å². The van der Waals surface area contributed by atoms with E-state index < -0.39 is 9.84 Å². The Morgan fingerprint density at radius 2 is 1.88 bits per heavy atom. The second-order valence-corrected chi connectivity index (χ2v) is 14.2. The van der Waals surface area contributed by atoms with E-state index in [1.807, 2.05) is 29.2 Å². The van der Waals surface area contributed by atoms with Crippen LogP contribution < -0.4 is 20.3 Å². The zero-order valence-electron chi connectivity index (χ0n) is 23.2. The van der Waals surface area contributed by atoms with Gasteiger partial charge in [0, 0.05) is 30.7 Å². The van der Waals surface area contributed by atoms with Crippen LogP contribution in [0.1, 0.15) is 43.4 Å². The van der Waals surface area contributed by atoms with Gasteiger partial charge >= 0.3 is 0 Å². The van der Waals surface area contributed by atoms with E-state index >= 15 is 4.39 Å². The number of aryl methyl sites for hydroxylation is 1. The number of hydrogen-bond donors (Lipinski definition) is 2. The summed E-state index contributed by atoms with van der Waals surface area (Å²) in [6.45, 7) is 1.86. The number of carbonyl (C=O) groups excluding carboxylic acids is 1. The third kappa shape index (κ3) is 5.29. The largest absolute Gasteiger partial charge is 0.480 e. The van der Waals surface area contributed by atoms with Gasteiger partial charge < -0.3 is 25.0 Å². The average molecular weight is 597 g/mol. The number of hydrogen-bond acceptors (Lipinski definition) is 10. The summed E-state index contributed by atoms with van der Waals surface area (Å²) in [5.74, 6) is 1.27. The number of ether oxygens (including phenoxy) is 2. The number of pyridine rings is 3. The molecule has 8 rings (SSSR count). The lowest BCUT2D eigenvalue weighted by atomic mass is 9.69. The normalized spacial score (nSPS) is 26.5. The molecule has 3 aromatic heterocycles. The van der Waals surface area contributed by atoms with Crippen molar-refractivity contribution < 1.29 is 27.1 Å². The van der Waals surface area contributed by atoms with E-state index in [1.165, 1.54) is 6.20 Å². The summed E-state index contributed by atoms with van der Waals surface area (Å²) in [6.07, 6.45) is 6.03. The number of anilines is 2. The molecule has 3 saturated heterocycles. The van der Waals surface area contributed by atoms with Crippen LogP contribution in [0.15, 0.2) is 30.5 Å². The van der Waals surface area contributed by atoms with Crippen LogP contribution in [0, 0.1) is 5.82 Å². The first-order valence-corrected chi connectivity index (χ1v) is 16.2. The molecule has 2 N–H and O–H groups in total. The van der Waals surface area contributed by atoms with Crippen LogP contribution in [0.3, 0.4) is 0 Å².